The molecule has 0 aromatic carbocycles. The number of carboxylic acids is 1. The van der Waals surface area contributed by atoms with E-state index in [1.807, 2.05) is 6.92 Å². The van der Waals surface area contributed by atoms with Crippen molar-refractivity contribution in [3.63, 3.8) is 0 Å². The van der Waals surface area contributed by atoms with Crippen LogP contribution in [0.25, 0.3) is 0 Å². The molecule has 0 saturated carbocycles. The molecule has 0 aliphatic heterocycles. The molecule has 0 saturated heterocycles. The van der Waals surface area contributed by atoms with E-state index in [0.29, 0.717) is 5.69 Å². The second kappa shape index (κ2) is 7.10. The van der Waals surface area contributed by atoms with Gasteiger partial charge in [0.2, 0.25) is 0 Å². The van der Waals surface area contributed by atoms with Crippen molar-refractivity contribution < 1.29 is 14.7 Å². The first-order chi connectivity index (χ1) is 8.54. The molecule has 6 heteroatoms. The van der Waals surface area contributed by atoms with Crippen LogP contribution in [0.3, 0.4) is 0 Å². The topological polar surface area (TPSA) is 71.3 Å². The van der Waals surface area contributed by atoms with Gasteiger partial charge in [0, 0.05) is 18.0 Å². The summed E-state index contributed by atoms with van der Waals surface area (Å²) >= 11 is 1.75. The maximum absolute atomic E-state index is 11.9. The third-order valence-corrected chi connectivity index (χ3v) is 3.46. The largest absolute Gasteiger partial charge is 0.480 e. The standard InChI is InChI=1S/C12H18N2O3S/c1-3-18-8-9(2)13-12(17)10-5-4-6-14(10)7-11(15)16/h4-6,9H,3,7-8H2,1-2H3,(H,13,17)(H,15,16). The molecule has 2 N–H and O–H groups in total. The Bertz CT molecular complexity index is 417. The zero-order valence-corrected chi connectivity index (χ0v) is 11.4. The van der Waals surface area contributed by atoms with Crippen molar-refractivity contribution in [2.24, 2.45) is 0 Å². The molecule has 1 rings (SSSR count). The van der Waals surface area contributed by atoms with Gasteiger partial charge in [-0.25, -0.2) is 0 Å². The van der Waals surface area contributed by atoms with E-state index in [2.05, 4.69) is 12.2 Å². The normalized spacial score (nSPS) is 12.1. The van der Waals surface area contributed by atoms with E-state index in [1.165, 1.54) is 4.57 Å². The Kier molecular flexibility index (Phi) is 5.77. The van der Waals surface area contributed by atoms with Gasteiger partial charge >= 0.3 is 5.97 Å². The molecule has 1 unspecified atom stereocenters. The highest BCUT2D eigenvalue weighted by Crippen LogP contribution is 2.05. The summed E-state index contributed by atoms with van der Waals surface area (Å²) in [7, 11) is 0. The van der Waals surface area contributed by atoms with E-state index in [0.717, 1.165) is 11.5 Å². The van der Waals surface area contributed by atoms with Crippen LogP contribution in [0.5, 0.6) is 0 Å². The zero-order chi connectivity index (χ0) is 13.5. The number of carboxylic acid groups (broad SMARTS) is 1. The fourth-order valence-corrected chi connectivity index (χ4v) is 2.21. The average molecular weight is 270 g/mol. The second-order valence-corrected chi connectivity index (χ2v) is 5.27. The molecule has 1 heterocycles. The van der Waals surface area contributed by atoms with Crippen LogP contribution in [-0.2, 0) is 11.3 Å². The lowest BCUT2D eigenvalue weighted by Gasteiger charge is -2.14. The first kappa shape index (κ1) is 14.6. The van der Waals surface area contributed by atoms with E-state index < -0.39 is 5.97 Å². The lowest BCUT2D eigenvalue weighted by atomic mass is 10.3. The molecule has 1 amide bonds. The van der Waals surface area contributed by atoms with Crippen molar-refractivity contribution >= 4 is 23.6 Å². The predicted octanol–water partition coefficient (Wildman–Crippen LogP) is 1.44. The molecule has 5 nitrogen and oxygen atoms in total. The molecule has 0 radical (unpaired) electrons. The van der Waals surface area contributed by atoms with Gasteiger partial charge in [-0.15, -0.1) is 0 Å². The fourth-order valence-electron chi connectivity index (χ4n) is 1.54. The summed E-state index contributed by atoms with van der Waals surface area (Å²) in [6, 6.07) is 3.36. The van der Waals surface area contributed by atoms with Gasteiger partial charge in [0.1, 0.15) is 12.2 Å². The monoisotopic (exact) mass is 270 g/mol. The third kappa shape index (κ3) is 4.44. The number of thioether (sulfide) groups is 1. The van der Waals surface area contributed by atoms with Gasteiger partial charge in [0.05, 0.1) is 0 Å². The fraction of sp³-hybridized carbons (Fsp3) is 0.500. The van der Waals surface area contributed by atoms with Crippen molar-refractivity contribution in [2.75, 3.05) is 11.5 Å². The van der Waals surface area contributed by atoms with Crippen LogP contribution in [0, 0.1) is 0 Å². The molecule has 0 spiro atoms. The van der Waals surface area contributed by atoms with Crippen molar-refractivity contribution in [1.29, 1.82) is 0 Å². The van der Waals surface area contributed by atoms with Gasteiger partial charge in [0.25, 0.3) is 5.91 Å². The van der Waals surface area contributed by atoms with E-state index in [9.17, 15) is 9.59 Å². The van der Waals surface area contributed by atoms with E-state index in [1.54, 1.807) is 30.1 Å². The van der Waals surface area contributed by atoms with E-state index >= 15 is 0 Å². The molecule has 0 aliphatic rings. The summed E-state index contributed by atoms with van der Waals surface area (Å²) in [4.78, 5) is 22.6. The maximum Gasteiger partial charge on any atom is 0.323 e. The minimum atomic E-state index is -0.963. The molecule has 18 heavy (non-hydrogen) atoms. The van der Waals surface area contributed by atoms with Gasteiger partial charge in [-0.1, -0.05) is 6.92 Å². The van der Waals surface area contributed by atoms with E-state index in [-0.39, 0.29) is 18.5 Å². The highest BCUT2D eigenvalue weighted by molar-refractivity contribution is 7.99. The van der Waals surface area contributed by atoms with Crippen molar-refractivity contribution in [3.8, 4) is 0 Å². The SMILES string of the molecule is CCSCC(C)NC(=O)c1cccn1CC(=O)O. The quantitative estimate of drug-likeness (QED) is 0.786. The summed E-state index contributed by atoms with van der Waals surface area (Å²) in [5, 5.41) is 11.6. The van der Waals surface area contributed by atoms with Crippen LogP contribution in [0.4, 0.5) is 0 Å². The molecule has 1 aromatic heterocycles. The molecule has 1 aromatic rings. The molecular formula is C12H18N2O3S. The maximum atomic E-state index is 11.9. The van der Waals surface area contributed by atoms with E-state index in [4.69, 9.17) is 5.11 Å². The highest BCUT2D eigenvalue weighted by Gasteiger charge is 2.14. The lowest BCUT2D eigenvalue weighted by Crippen LogP contribution is -2.35. The number of nitrogens with one attached hydrogen (secondary N) is 1. The molecular weight excluding hydrogens is 252 g/mol. The smallest absolute Gasteiger partial charge is 0.323 e. The van der Waals surface area contributed by atoms with Crippen LogP contribution in [0.2, 0.25) is 0 Å². The van der Waals surface area contributed by atoms with Gasteiger partial charge in [-0.3, -0.25) is 9.59 Å². The Morgan fingerprint density at radius 3 is 2.89 bits per heavy atom. The van der Waals surface area contributed by atoms with Crippen LogP contribution < -0.4 is 5.32 Å². The number of nitrogens with zero attached hydrogens (tertiary/aromatic N) is 1. The lowest BCUT2D eigenvalue weighted by molar-refractivity contribution is -0.137. The molecule has 1 atom stereocenters. The van der Waals surface area contributed by atoms with Crippen molar-refractivity contribution in [1.82, 2.24) is 9.88 Å². The number of hydrogen-bond acceptors (Lipinski definition) is 3. The Labute approximate surface area is 111 Å². The van der Waals surface area contributed by atoms with Gasteiger partial charge < -0.3 is 15.0 Å². The Morgan fingerprint density at radius 1 is 1.56 bits per heavy atom. The van der Waals surface area contributed by atoms with Crippen molar-refractivity contribution in [2.45, 2.75) is 26.4 Å². The van der Waals surface area contributed by atoms with Gasteiger partial charge in [0.15, 0.2) is 0 Å². The zero-order valence-electron chi connectivity index (χ0n) is 10.5. The first-order valence-electron chi connectivity index (χ1n) is 5.80. The number of amides is 1. The average Bonchev–Trinajstić information content (AvgIpc) is 2.73. The van der Waals surface area contributed by atoms with Crippen LogP contribution >= 0.6 is 11.8 Å². The summed E-state index contributed by atoms with van der Waals surface area (Å²) in [5.74, 6) is 0.664. The van der Waals surface area contributed by atoms with Crippen LogP contribution in [-0.4, -0.2) is 39.1 Å². The summed E-state index contributed by atoms with van der Waals surface area (Å²) < 4.78 is 1.43. The number of aliphatic carboxylic acids is 1. The Hall–Kier alpha value is -1.43. The second-order valence-electron chi connectivity index (χ2n) is 3.95. The minimum Gasteiger partial charge on any atom is -0.480 e. The molecule has 0 bridgehead atoms. The number of carbonyl (C=O) groups is 2. The van der Waals surface area contributed by atoms with Crippen LogP contribution in [0.1, 0.15) is 24.3 Å². The predicted molar refractivity (Wildman–Crippen MR) is 72.0 cm³/mol. The first-order valence-corrected chi connectivity index (χ1v) is 6.95. The number of aromatic nitrogens is 1. The van der Waals surface area contributed by atoms with Gasteiger partial charge in [-0.05, 0) is 24.8 Å². The number of carbonyl (C=O) groups excluding carboxylic acids is 1. The third-order valence-electron chi connectivity index (χ3n) is 2.32. The van der Waals surface area contributed by atoms with Crippen LogP contribution in [0.15, 0.2) is 18.3 Å². The van der Waals surface area contributed by atoms with Gasteiger partial charge in [-0.2, -0.15) is 11.8 Å². The highest BCUT2D eigenvalue weighted by atomic mass is 32.2. The summed E-state index contributed by atoms with van der Waals surface area (Å²) in [6.07, 6.45) is 1.59. The Morgan fingerprint density at radius 2 is 2.28 bits per heavy atom. The molecule has 0 aliphatic carbocycles. The number of hydrogen-bond donors (Lipinski definition) is 2. The molecule has 100 valence electrons. The minimum absolute atomic E-state index is 0.0654. The Balaban J connectivity index is 2.61. The summed E-state index contributed by atoms with van der Waals surface area (Å²) in [5.41, 5.74) is 0.380. The van der Waals surface area contributed by atoms with Crippen molar-refractivity contribution in [3.05, 3.63) is 24.0 Å². The molecule has 0 fully saturated rings. The number of rotatable bonds is 7. The summed E-state index contributed by atoms with van der Waals surface area (Å²) in [6.45, 7) is 3.80.